The lowest BCUT2D eigenvalue weighted by Crippen LogP contribution is -2.61. The number of primary amides is 1. The first kappa shape index (κ1) is 86.0. The number of aliphatic carboxylic acids is 2. The number of hydrogen-bond acceptors (Lipinski definition) is 19. The van der Waals surface area contributed by atoms with Crippen molar-refractivity contribution in [3.05, 3.63) is 100 Å². The number of carboxylic acids is 2. The summed E-state index contributed by atoms with van der Waals surface area (Å²) in [5.74, 6) is -17.2. The van der Waals surface area contributed by atoms with Gasteiger partial charge in [0.2, 0.25) is 70.9 Å². The number of para-hydroxylation sites is 1. The average Bonchev–Trinajstić information content (AvgIpc) is 1.77. The smallest absolute Gasteiger partial charge is 0.303 e. The van der Waals surface area contributed by atoms with E-state index in [-0.39, 0.29) is 79.4 Å². The fraction of sp³-hybridized carbons (Fsp3) is 0.507. The average molecular weight is 1580 g/mol. The van der Waals surface area contributed by atoms with Crippen LogP contribution in [0.2, 0.25) is 5.02 Å². The van der Waals surface area contributed by atoms with Crippen LogP contribution in [0.5, 0.6) is 5.75 Å². The number of hydrogen-bond donors (Lipinski definition) is 18. The van der Waals surface area contributed by atoms with Crippen molar-refractivity contribution in [1.29, 1.82) is 0 Å². The molecule has 3 aliphatic rings. The normalized spacial score (nSPS) is 22.0. The number of H-pyrrole nitrogens is 1. The van der Waals surface area contributed by atoms with Crippen LogP contribution in [0.1, 0.15) is 119 Å². The molecule has 22 N–H and O–H groups in total. The van der Waals surface area contributed by atoms with Crippen molar-refractivity contribution in [3.8, 4) is 5.75 Å². The Morgan fingerprint density at radius 3 is 1.88 bits per heavy atom. The number of carboxylic acid groups (broad SMARTS) is 2. The number of nitrogens with two attached hydrogens (primary N) is 4. The van der Waals surface area contributed by atoms with Gasteiger partial charge in [-0.25, -0.2) is 4.39 Å². The Morgan fingerprint density at radius 2 is 1.24 bits per heavy atom. The zero-order valence-electron chi connectivity index (χ0n) is 59.8. The zero-order chi connectivity index (χ0) is 79.3. The first-order chi connectivity index (χ1) is 52.1. The predicted octanol–water partition coefficient (Wildman–Crippen LogP) is -0.463. The van der Waals surface area contributed by atoms with Gasteiger partial charge < -0.3 is 101 Å². The van der Waals surface area contributed by atoms with E-state index < -0.39 is 206 Å². The van der Waals surface area contributed by atoms with E-state index in [1.54, 1.807) is 30.5 Å². The summed E-state index contributed by atoms with van der Waals surface area (Å²) in [6.07, 6.45) is 1.54. The number of carbonyl (C=O) groups is 14. The number of aromatic nitrogens is 1. The summed E-state index contributed by atoms with van der Waals surface area (Å²) in [4.78, 5) is 206. The summed E-state index contributed by atoms with van der Waals surface area (Å²) in [6, 6.07) is 1.37. The maximum Gasteiger partial charge on any atom is 0.303 e. The molecule has 0 bridgehead atoms. The van der Waals surface area contributed by atoms with E-state index in [9.17, 15) is 68.1 Å². The van der Waals surface area contributed by atoms with Gasteiger partial charge in [0, 0.05) is 99.2 Å². The van der Waals surface area contributed by atoms with E-state index in [0.717, 1.165) is 34.4 Å². The molecule has 109 heavy (non-hydrogen) atoms. The molecule has 34 nitrogen and oxygen atoms in total. The summed E-state index contributed by atoms with van der Waals surface area (Å²) in [7, 11) is 1.67. The molecule has 9 atom stereocenters. The first-order valence-electron chi connectivity index (χ1n) is 35.8. The number of aliphatic imine (C=N–C) groups is 1. The van der Waals surface area contributed by atoms with Gasteiger partial charge in [-0.1, -0.05) is 101 Å². The first-order valence-corrected chi connectivity index (χ1v) is 38.7. The number of benzene rings is 3. The Labute approximate surface area is 639 Å². The Morgan fingerprint density at radius 1 is 0.651 bits per heavy atom. The van der Waals surface area contributed by atoms with Crippen molar-refractivity contribution in [2.45, 2.75) is 182 Å². The van der Waals surface area contributed by atoms with Gasteiger partial charge in [-0.3, -0.25) is 72.1 Å². The van der Waals surface area contributed by atoms with Crippen molar-refractivity contribution in [2.75, 3.05) is 37.7 Å². The van der Waals surface area contributed by atoms with E-state index in [4.69, 9.17) is 34.5 Å². The van der Waals surface area contributed by atoms with Crippen molar-refractivity contribution in [3.63, 3.8) is 0 Å². The molecule has 1 aliphatic heterocycles. The molecule has 1 saturated heterocycles. The van der Waals surface area contributed by atoms with Gasteiger partial charge >= 0.3 is 11.9 Å². The number of amides is 12. The topological polar surface area (TPSA) is 555 Å². The summed E-state index contributed by atoms with van der Waals surface area (Å²) < 4.78 is 16.0. The number of phenolic OH excluding ortho intramolecular Hbond substituents is 1. The maximum absolute atomic E-state index is 16.0. The lowest BCUT2D eigenvalue weighted by molar-refractivity contribution is -0.139. The number of aromatic hydroxyl groups is 1. The summed E-state index contributed by atoms with van der Waals surface area (Å²) in [6.45, 7) is -1.04. The highest BCUT2D eigenvalue weighted by Gasteiger charge is 2.40. The van der Waals surface area contributed by atoms with Crippen LogP contribution >= 0.6 is 33.2 Å². The molecule has 2 aliphatic carbocycles. The Hall–Kier alpha value is -10.3. The van der Waals surface area contributed by atoms with E-state index in [1.807, 2.05) is 0 Å². The SMILES string of the molecule is NCCC(=O)N(CC(=O)N[C@@H](Cc1ccc(O)cc1)C(=O)N[C@H]1CSSC[C@@H](C(N)=O)NC(=O)[C@H](CCC(=O)O)NC(=O)[C@H](Cc2c[nH]c3ccccc23)NC(=O)[C@H](CCC(=O)O)NC(=O)CCNC(=O)[C@H](CCCN=C(N)N)NC(=O)[C@H](Cc2cccc(Cl)c2F)NC(=O)[C@H](C2CCCC2)NC1=O)C1CCCC1. The number of aromatic amines is 1. The molecule has 2 heterocycles. The highest BCUT2D eigenvalue weighted by atomic mass is 35.5. The molecule has 0 radical (unpaired) electrons. The fourth-order valence-corrected chi connectivity index (χ4v) is 15.5. The zero-order valence-corrected chi connectivity index (χ0v) is 62.2. The van der Waals surface area contributed by atoms with Gasteiger partial charge in [0.1, 0.15) is 65.9 Å². The molecular weight excluding hydrogens is 1480 g/mol. The van der Waals surface area contributed by atoms with Crippen LogP contribution in [0.15, 0.2) is 77.9 Å². The van der Waals surface area contributed by atoms with E-state index in [0.29, 0.717) is 60.6 Å². The molecule has 3 fully saturated rings. The molecule has 7 rings (SSSR count). The van der Waals surface area contributed by atoms with E-state index >= 15 is 18.8 Å². The van der Waals surface area contributed by atoms with Crippen LogP contribution < -0.4 is 76.1 Å². The third-order valence-corrected chi connectivity index (χ3v) is 21.4. The number of rotatable bonds is 26. The highest BCUT2D eigenvalue weighted by Crippen LogP contribution is 2.30. The Bertz CT molecular complexity index is 3940. The van der Waals surface area contributed by atoms with Crippen LogP contribution in [0.3, 0.4) is 0 Å². The highest BCUT2D eigenvalue weighted by molar-refractivity contribution is 8.76. The molecule has 2 saturated carbocycles. The molecule has 0 spiro atoms. The Kier molecular flexibility index (Phi) is 34.0. The molecule has 12 amide bonds. The summed E-state index contributed by atoms with van der Waals surface area (Å²) in [5, 5.41) is 56.0. The minimum atomic E-state index is -1.77. The second-order valence-electron chi connectivity index (χ2n) is 26.8. The quantitative estimate of drug-likeness (QED) is 0.0164. The van der Waals surface area contributed by atoms with Gasteiger partial charge in [0.15, 0.2) is 5.96 Å². The van der Waals surface area contributed by atoms with E-state index in [2.05, 4.69) is 63.1 Å². The monoisotopic (exact) mass is 1580 g/mol. The standard InChI is InChI=1S/C71H95ClFN17O17S2/c72-45-15-7-11-40(60(45)73)32-51-67(104)83-47(17-8-29-79-71(76)77)63(100)78-30-27-55(92)81-48(22-24-58(95)96)64(101)85-52(33-41-34-80-46-16-6-5-14-44(41)46)68(105)84-49(23-25-59(97)98)65(102)87-53(62(75)99)36-108-109-37-54(69(106)89-61(70(107)86-51)39-9-1-2-10-39)88-66(103)50(31-38-18-20-43(91)21-19-38)82-56(93)35-90(57(94)26-28-74)42-12-3-4-13-42/h5-7,11,14-16,18-21,34,39,42,47-54,61,80,91H,1-4,8-10,12-13,17,22-33,35-37,74H2,(H2,75,99)(H,78,100)(H,81,92)(H,82,93)(H,83,104)(H,84,105)(H,85,101)(H,86,107)(H,87,102)(H,88,103)(H,89,106)(H,95,96)(H,97,98)(H4,76,77,79)/t47-,48-,49-,50-,51-,52-,53-,54-,61-/m0/s1. The van der Waals surface area contributed by atoms with Crippen molar-refractivity contribution in [1.82, 2.24) is 63.1 Å². The summed E-state index contributed by atoms with van der Waals surface area (Å²) in [5.41, 5.74) is 24.1. The number of guanidine groups is 1. The van der Waals surface area contributed by atoms with Gasteiger partial charge in [0.25, 0.3) is 0 Å². The number of fused-ring (bicyclic) bond motifs is 1. The van der Waals surface area contributed by atoms with Gasteiger partial charge in [0.05, 0.1) is 11.6 Å². The molecule has 592 valence electrons. The second-order valence-corrected chi connectivity index (χ2v) is 29.8. The van der Waals surface area contributed by atoms with E-state index in [1.165, 1.54) is 47.4 Å². The molecule has 0 unspecified atom stereocenters. The fourth-order valence-electron chi connectivity index (χ4n) is 13.0. The van der Waals surface area contributed by atoms with Crippen LogP contribution in [0, 0.1) is 11.7 Å². The molecule has 38 heteroatoms. The minimum Gasteiger partial charge on any atom is -0.508 e. The van der Waals surface area contributed by atoms with Crippen LogP contribution in [0.25, 0.3) is 10.9 Å². The number of nitrogens with zero attached hydrogens (tertiary/aromatic N) is 2. The number of halogens is 2. The molecule has 3 aromatic carbocycles. The van der Waals surface area contributed by atoms with Crippen LogP contribution in [0.4, 0.5) is 4.39 Å². The van der Waals surface area contributed by atoms with Crippen LogP contribution in [-0.4, -0.2) is 212 Å². The third kappa shape index (κ3) is 27.4. The van der Waals surface area contributed by atoms with Crippen LogP contribution in [-0.2, 0) is 86.4 Å². The van der Waals surface area contributed by atoms with Crippen molar-refractivity contribution >= 4 is 133 Å². The number of nitrogens with one attached hydrogen (secondary N) is 11. The minimum absolute atomic E-state index is 0.00231. The number of carbonyl (C=O) groups excluding carboxylic acids is 12. The summed E-state index contributed by atoms with van der Waals surface area (Å²) >= 11 is 6.24. The lowest BCUT2D eigenvalue weighted by atomic mass is 9.95. The Balaban J connectivity index is 1.29. The molecule has 4 aromatic rings. The van der Waals surface area contributed by atoms with Crippen molar-refractivity contribution in [2.24, 2.45) is 33.8 Å². The van der Waals surface area contributed by atoms with Crippen molar-refractivity contribution < 1.29 is 86.8 Å². The second kappa shape index (κ2) is 43.1. The number of phenols is 1. The predicted molar refractivity (Wildman–Crippen MR) is 401 cm³/mol. The van der Waals surface area contributed by atoms with Gasteiger partial charge in [-0.15, -0.1) is 0 Å². The molecule has 1 aromatic heterocycles. The molecular formula is C71H95ClFN17O17S2. The lowest BCUT2D eigenvalue weighted by Gasteiger charge is -2.30. The maximum atomic E-state index is 16.0. The van der Waals surface area contributed by atoms with Gasteiger partial charge in [-0.05, 0) is 98.2 Å². The largest absolute Gasteiger partial charge is 0.508 e. The van der Waals surface area contributed by atoms with Gasteiger partial charge in [-0.2, -0.15) is 0 Å². The third-order valence-electron chi connectivity index (χ3n) is 18.7.